The number of hydrogen-bond donors (Lipinski definition) is 2. The van der Waals surface area contributed by atoms with Crippen LogP contribution >= 0.6 is 0 Å². The Morgan fingerprint density at radius 2 is 1.91 bits per heavy atom. The summed E-state index contributed by atoms with van der Waals surface area (Å²) in [7, 11) is 0. The van der Waals surface area contributed by atoms with E-state index in [9.17, 15) is 19.7 Å². The Hall–Kier alpha value is -3.55. The smallest absolute Gasteiger partial charge is 0.342 e. The molecular formula is C15H9N3O5. The highest BCUT2D eigenvalue weighted by Crippen LogP contribution is 2.31. The molecule has 0 unspecified atom stereocenters. The van der Waals surface area contributed by atoms with E-state index in [1.54, 1.807) is 24.3 Å². The molecule has 8 heteroatoms. The van der Waals surface area contributed by atoms with E-state index >= 15 is 0 Å². The average Bonchev–Trinajstić information content (AvgIpc) is 2.54. The van der Waals surface area contributed by atoms with Gasteiger partial charge in [0.05, 0.1) is 21.4 Å². The summed E-state index contributed by atoms with van der Waals surface area (Å²) >= 11 is 0. The molecule has 3 rings (SSSR count). The van der Waals surface area contributed by atoms with Crippen LogP contribution in [0.4, 0.5) is 5.69 Å². The number of rotatable bonds is 3. The number of nitrogens with one attached hydrogen (secondary N) is 1. The van der Waals surface area contributed by atoms with Gasteiger partial charge in [0.25, 0.3) is 11.2 Å². The Kier molecular flexibility index (Phi) is 3.34. The number of hydrogen-bond acceptors (Lipinski definition) is 5. The van der Waals surface area contributed by atoms with Crippen molar-refractivity contribution in [3.63, 3.8) is 0 Å². The van der Waals surface area contributed by atoms with Crippen LogP contribution in [0.3, 0.4) is 0 Å². The fourth-order valence-corrected chi connectivity index (χ4v) is 2.32. The Balaban J connectivity index is 2.35. The number of aromatic carboxylic acids is 1. The van der Waals surface area contributed by atoms with E-state index in [0.29, 0.717) is 10.9 Å². The van der Waals surface area contributed by atoms with Gasteiger partial charge in [0.1, 0.15) is 11.4 Å². The zero-order chi connectivity index (χ0) is 16.6. The number of para-hydroxylation sites is 2. The second-order valence-electron chi connectivity index (χ2n) is 4.70. The molecule has 0 atom stereocenters. The number of nitrogens with zero attached hydrogens (tertiary/aromatic N) is 2. The Bertz CT molecular complexity index is 1010. The molecule has 1 heterocycles. The first-order valence-corrected chi connectivity index (χ1v) is 6.49. The molecule has 2 N–H and O–H groups in total. The third-order valence-electron chi connectivity index (χ3n) is 3.32. The number of aromatic nitrogens is 2. The summed E-state index contributed by atoms with van der Waals surface area (Å²) in [6.45, 7) is 0. The third kappa shape index (κ3) is 2.42. The van der Waals surface area contributed by atoms with E-state index in [2.05, 4.69) is 9.97 Å². The maximum absolute atomic E-state index is 12.1. The first-order valence-electron chi connectivity index (χ1n) is 6.49. The second-order valence-corrected chi connectivity index (χ2v) is 4.70. The molecule has 0 saturated heterocycles. The maximum Gasteiger partial charge on any atom is 0.342 e. The van der Waals surface area contributed by atoms with E-state index in [1.807, 2.05) is 0 Å². The van der Waals surface area contributed by atoms with Crippen LogP contribution in [-0.4, -0.2) is 26.0 Å². The van der Waals surface area contributed by atoms with E-state index in [4.69, 9.17) is 5.11 Å². The number of carboxylic acids is 1. The van der Waals surface area contributed by atoms with Crippen molar-refractivity contribution in [3.8, 4) is 11.4 Å². The number of carbonyl (C=O) groups is 1. The monoisotopic (exact) mass is 311 g/mol. The van der Waals surface area contributed by atoms with Crippen LogP contribution in [0.1, 0.15) is 10.4 Å². The van der Waals surface area contributed by atoms with Gasteiger partial charge in [0.15, 0.2) is 0 Å². The minimum atomic E-state index is -1.43. The topological polar surface area (TPSA) is 126 Å². The van der Waals surface area contributed by atoms with Gasteiger partial charge < -0.3 is 10.1 Å². The molecule has 0 radical (unpaired) electrons. The molecule has 1 aromatic heterocycles. The zero-order valence-corrected chi connectivity index (χ0v) is 11.5. The summed E-state index contributed by atoms with van der Waals surface area (Å²) in [6.07, 6.45) is 0. The molecular weight excluding hydrogens is 302 g/mol. The van der Waals surface area contributed by atoms with Crippen LogP contribution < -0.4 is 5.56 Å². The summed E-state index contributed by atoms with van der Waals surface area (Å²) in [5.41, 5.74) is -1.23. The number of aromatic amines is 1. The van der Waals surface area contributed by atoms with Crippen LogP contribution in [0.5, 0.6) is 0 Å². The van der Waals surface area contributed by atoms with Crippen molar-refractivity contribution in [1.82, 2.24) is 9.97 Å². The van der Waals surface area contributed by atoms with Crippen molar-refractivity contribution in [1.29, 1.82) is 0 Å². The first-order chi connectivity index (χ1) is 11.0. The predicted molar refractivity (Wildman–Crippen MR) is 81.4 cm³/mol. The normalized spacial score (nSPS) is 10.6. The third-order valence-corrected chi connectivity index (χ3v) is 3.32. The highest BCUT2D eigenvalue weighted by Gasteiger charge is 2.26. The second kappa shape index (κ2) is 5.34. The number of nitro groups is 1. The summed E-state index contributed by atoms with van der Waals surface area (Å²) < 4.78 is 0. The van der Waals surface area contributed by atoms with Gasteiger partial charge in [0, 0.05) is 0 Å². The molecule has 0 fully saturated rings. The minimum Gasteiger partial charge on any atom is -0.477 e. The average molecular weight is 311 g/mol. The Morgan fingerprint density at radius 1 is 1.17 bits per heavy atom. The Morgan fingerprint density at radius 3 is 2.61 bits per heavy atom. The summed E-state index contributed by atoms with van der Waals surface area (Å²) in [6, 6.07) is 10.4. The fourth-order valence-electron chi connectivity index (χ4n) is 2.32. The SMILES string of the molecule is O=C(O)c1cccc(-c2nc3ccccc3c(=O)[nH]2)c1[N+](=O)[O-]. The summed E-state index contributed by atoms with van der Waals surface area (Å²) in [4.78, 5) is 40.4. The van der Waals surface area contributed by atoms with Crippen molar-refractivity contribution in [2.75, 3.05) is 0 Å². The molecule has 0 bridgehead atoms. The number of carboxylic acid groups (broad SMARTS) is 1. The van der Waals surface area contributed by atoms with E-state index in [-0.39, 0.29) is 11.4 Å². The van der Waals surface area contributed by atoms with Crippen molar-refractivity contribution in [2.24, 2.45) is 0 Å². The van der Waals surface area contributed by atoms with Crippen LogP contribution in [-0.2, 0) is 0 Å². The van der Waals surface area contributed by atoms with Gasteiger partial charge in [-0.2, -0.15) is 0 Å². The highest BCUT2D eigenvalue weighted by atomic mass is 16.6. The van der Waals surface area contributed by atoms with Crippen molar-refractivity contribution < 1.29 is 14.8 Å². The van der Waals surface area contributed by atoms with Crippen LogP contribution in [0.25, 0.3) is 22.3 Å². The molecule has 0 aliphatic carbocycles. The molecule has 0 amide bonds. The zero-order valence-electron chi connectivity index (χ0n) is 11.5. The standard InChI is InChI=1S/C15H9N3O5/c19-14-8-4-1-2-7-11(8)16-13(17-14)9-5-3-6-10(15(20)21)12(9)18(22)23/h1-7H,(H,20,21)(H,16,17,19). The van der Waals surface area contributed by atoms with Crippen LogP contribution in [0.2, 0.25) is 0 Å². The van der Waals surface area contributed by atoms with Crippen molar-refractivity contribution in [3.05, 3.63) is 68.5 Å². The van der Waals surface area contributed by atoms with Crippen LogP contribution in [0.15, 0.2) is 47.3 Å². The van der Waals surface area contributed by atoms with Gasteiger partial charge in [-0.3, -0.25) is 14.9 Å². The fraction of sp³-hybridized carbons (Fsp3) is 0. The first kappa shape index (κ1) is 14.4. The van der Waals surface area contributed by atoms with Gasteiger partial charge in [-0.25, -0.2) is 9.78 Å². The van der Waals surface area contributed by atoms with Crippen LogP contribution in [0, 0.1) is 10.1 Å². The molecule has 2 aromatic carbocycles. The van der Waals surface area contributed by atoms with E-state index in [0.717, 1.165) is 6.07 Å². The van der Waals surface area contributed by atoms with Gasteiger partial charge in [-0.1, -0.05) is 18.2 Å². The number of fused-ring (bicyclic) bond motifs is 1. The molecule has 3 aromatic rings. The van der Waals surface area contributed by atoms with Gasteiger partial charge in [0.2, 0.25) is 0 Å². The molecule has 0 saturated carbocycles. The quantitative estimate of drug-likeness (QED) is 0.564. The molecule has 0 aliphatic rings. The number of H-pyrrole nitrogens is 1. The summed E-state index contributed by atoms with van der Waals surface area (Å²) in [5.74, 6) is -1.48. The number of nitro benzene ring substituents is 1. The lowest BCUT2D eigenvalue weighted by atomic mass is 10.1. The maximum atomic E-state index is 12.1. The van der Waals surface area contributed by atoms with Gasteiger partial charge >= 0.3 is 5.97 Å². The number of benzene rings is 2. The molecule has 8 nitrogen and oxygen atoms in total. The van der Waals surface area contributed by atoms with E-state index in [1.165, 1.54) is 12.1 Å². The molecule has 0 spiro atoms. The Labute approximate surface area is 128 Å². The lowest BCUT2D eigenvalue weighted by molar-refractivity contribution is -0.384. The molecule has 114 valence electrons. The highest BCUT2D eigenvalue weighted by molar-refractivity contribution is 5.96. The predicted octanol–water partition coefficient (Wildman–Crippen LogP) is 2.20. The lowest BCUT2D eigenvalue weighted by Crippen LogP contribution is -2.11. The van der Waals surface area contributed by atoms with Crippen molar-refractivity contribution in [2.45, 2.75) is 0 Å². The van der Waals surface area contributed by atoms with Crippen molar-refractivity contribution >= 4 is 22.6 Å². The largest absolute Gasteiger partial charge is 0.477 e. The van der Waals surface area contributed by atoms with Gasteiger partial charge in [-0.15, -0.1) is 0 Å². The summed E-state index contributed by atoms with van der Waals surface area (Å²) in [5, 5.41) is 20.7. The van der Waals surface area contributed by atoms with E-state index < -0.39 is 27.7 Å². The van der Waals surface area contributed by atoms with Gasteiger partial charge in [-0.05, 0) is 24.3 Å². The minimum absolute atomic E-state index is 0.0523. The molecule has 0 aliphatic heterocycles. The molecule has 23 heavy (non-hydrogen) atoms. The lowest BCUT2D eigenvalue weighted by Gasteiger charge is -2.06.